The van der Waals surface area contributed by atoms with Crippen molar-refractivity contribution in [1.82, 2.24) is 30.0 Å². The second-order valence-corrected chi connectivity index (χ2v) is 7.41. The molecular weight excluding hydrogens is 268 g/mol. The van der Waals surface area contributed by atoms with Crippen LogP contribution in [-0.2, 0) is 11.8 Å². The molecule has 0 aromatic carbocycles. The Morgan fingerprint density at radius 2 is 1.81 bits per heavy atom. The van der Waals surface area contributed by atoms with Gasteiger partial charge in [0.2, 0.25) is 0 Å². The number of rotatable bonds is 1. The molecule has 114 valence electrons. The smallest absolute Gasteiger partial charge is 0.243 e. The van der Waals surface area contributed by atoms with Crippen molar-refractivity contribution >= 4 is 6.03 Å². The standard InChI is InChI=1S/C14H22N6O/c1-13(2,3)9-10-11(14(4,5)6)16-18-20(10)12(21)19-8-7-15-17-19/h7-8H,9H2,1-6H3. The molecule has 0 unspecified atom stereocenters. The Labute approximate surface area is 124 Å². The quantitative estimate of drug-likeness (QED) is 0.805. The zero-order valence-electron chi connectivity index (χ0n) is 13.5. The maximum Gasteiger partial charge on any atom is 0.372 e. The first-order valence-electron chi connectivity index (χ1n) is 6.96. The molecule has 0 saturated carbocycles. The largest absolute Gasteiger partial charge is 0.372 e. The molecule has 0 radical (unpaired) electrons. The highest BCUT2D eigenvalue weighted by Gasteiger charge is 2.30. The van der Waals surface area contributed by atoms with Gasteiger partial charge in [-0.1, -0.05) is 52.0 Å². The number of hydrogen-bond donors (Lipinski definition) is 0. The first-order chi connectivity index (χ1) is 9.59. The molecule has 0 aliphatic rings. The van der Waals surface area contributed by atoms with E-state index in [1.807, 2.05) is 0 Å². The highest BCUT2D eigenvalue weighted by molar-refractivity contribution is 5.78. The summed E-state index contributed by atoms with van der Waals surface area (Å²) in [5, 5.41) is 15.7. The molecule has 0 atom stereocenters. The van der Waals surface area contributed by atoms with Crippen molar-refractivity contribution in [2.24, 2.45) is 5.41 Å². The molecule has 2 aromatic heterocycles. The summed E-state index contributed by atoms with van der Waals surface area (Å²) < 4.78 is 2.49. The van der Waals surface area contributed by atoms with Crippen molar-refractivity contribution in [2.75, 3.05) is 0 Å². The van der Waals surface area contributed by atoms with Crippen LogP contribution in [0.2, 0.25) is 0 Å². The summed E-state index contributed by atoms with van der Waals surface area (Å²) in [4.78, 5) is 12.5. The van der Waals surface area contributed by atoms with E-state index in [1.54, 1.807) is 0 Å². The van der Waals surface area contributed by atoms with Gasteiger partial charge < -0.3 is 0 Å². The van der Waals surface area contributed by atoms with Gasteiger partial charge in [0.1, 0.15) is 0 Å². The maximum absolute atomic E-state index is 12.5. The summed E-state index contributed by atoms with van der Waals surface area (Å²) in [5.41, 5.74) is 1.50. The molecule has 7 heteroatoms. The van der Waals surface area contributed by atoms with Crippen molar-refractivity contribution < 1.29 is 4.79 Å². The lowest BCUT2D eigenvalue weighted by Gasteiger charge is -2.22. The summed E-state index contributed by atoms with van der Waals surface area (Å²) in [7, 11) is 0. The van der Waals surface area contributed by atoms with E-state index < -0.39 is 0 Å². The van der Waals surface area contributed by atoms with Gasteiger partial charge in [-0.15, -0.1) is 10.2 Å². The molecule has 0 aliphatic heterocycles. The molecule has 7 nitrogen and oxygen atoms in total. The molecule has 0 amide bonds. The Morgan fingerprint density at radius 3 is 2.29 bits per heavy atom. The van der Waals surface area contributed by atoms with E-state index >= 15 is 0 Å². The summed E-state index contributed by atoms with van der Waals surface area (Å²) in [6, 6.07) is -0.366. The van der Waals surface area contributed by atoms with Gasteiger partial charge in [0.05, 0.1) is 23.8 Å². The van der Waals surface area contributed by atoms with Crippen LogP contribution in [0.5, 0.6) is 0 Å². The molecule has 0 aliphatic carbocycles. The molecule has 2 rings (SSSR count). The van der Waals surface area contributed by atoms with Crippen LogP contribution in [-0.4, -0.2) is 36.0 Å². The molecule has 0 N–H and O–H groups in total. The molecule has 0 bridgehead atoms. The molecule has 2 aromatic rings. The van der Waals surface area contributed by atoms with Crippen LogP contribution in [0.1, 0.15) is 52.9 Å². The van der Waals surface area contributed by atoms with Crippen LogP contribution in [0.4, 0.5) is 4.79 Å². The Hall–Kier alpha value is -2.05. The Bertz CT molecular complexity index is 627. The monoisotopic (exact) mass is 290 g/mol. The van der Waals surface area contributed by atoms with Gasteiger partial charge >= 0.3 is 6.03 Å². The van der Waals surface area contributed by atoms with E-state index in [1.165, 1.54) is 17.1 Å². The summed E-state index contributed by atoms with van der Waals surface area (Å²) >= 11 is 0. The first kappa shape index (κ1) is 15.3. The van der Waals surface area contributed by atoms with E-state index in [-0.39, 0.29) is 16.9 Å². The molecule has 2 heterocycles. The van der Waals surface area contributed by atoms with E-state index in [9.17, 15) is 4.79 Å². The van der Waals surface area contributed by atoms with Crippen molar-refractivity contribution in [3.8, 4) is 0 Å². The van der Waals surface area contributed by atoms with Gasteiger partial charge in [-0.3, -0.25) is 0 Å². The predicted octanol–water partition coefficient (Wildman–Crippen LogP) is 2.27. The maximum atomic E-state index is 12.5. The van der Waals surface area contributed by atoms with Crippen LogP contribution in [0.3, 0.4) is 0 Å². The third kappa shape index (κ3) is 3.34. The normalized spacial score (nSPS) is 12.7. The number of nitrogens with zero attached hydrogens (tertiary/aromatic N) is 6. The van der Waals surface area contributed by atoms with Crippen molar-refractivity contribution in [3.63, 3.8) is 0 Å². The molecule has 0 saturated heterocycles. The van der Waals surface area contributed by atoms with Crippen molar-refractivity contribution in [2.45, 2.75) is 53.4 Å². The number of carbonyl (C=O) groups is 1. The summed E-state index contributed by atoms with van der Waals surface area (Å²) in [6.07, 6.45) is 3.66. The summed E-state index contributed by atoms with van der Waals surface area (Å²) in [5.74, 6) is 0. The third-order valence-electron chi connectivity index (χ3n) is 2.97. The van der Waals surface area contributed by atoms with Gasteiger partial charge in [0.15, 0.2) is 0 Å². The highest BCUT2D eigenvalue weighted by Crippen LogP contribution is 2.29. The van der Waals surface area contributed by atoms with E-state index in [4.69, 9.17) is 0 Å². The van der Waals surface area contributed by atoms with Crippen LogP contribution >= 0.6 is 0 Å². The van der Waals surface area contributed by atoms with Crippen molar-refractivity contribution in [3.05, 3.63) is 23.8 Å². The topological polar surface area (TPSA) is 78.5 Å². The minimum Gasteiger partial charge on any atom is -0.243 e. The number of carbonyl (C=O) groups excluding carboxylic acids is 1. The lowest BCUT2D eigenvalue weighted by molar-refractivity contribution is 0.235. The zero-order valence-corrected chi connectivity index (χ0v) is 13.5. The fraction of sp³-hybridized carbons (Fsp3) is 0.643. The second-order valence-electron chi connectivity index (χ2n) is 7.41. The lowest BCUT2D eigenvalue weighted by Crippen LogP contribution is -2.27. The molecular formula is C14H22N6O. The van der Waals surface area contributed by atoms with Gasteiger partial charge in [0, 0.05) is 5.41 Å². The van der Waals surface area contributed by atoms with Gasteiger partial charge in [-0.25, -0.2) is 4.79 Å². The highest BCUT2D eigenvalue weighted by atomic mass is 16.2. The van der Waals surface area contributed by atoms with E-state index in [0.717, 1.165) is 16.1 Å². The Balaban J connectivity index is 2.51. The van der Waals surface area contributed by atoms with E-state index in [2.05, 4.69) is 62.2 Å². The molecule has 0 fully saturated rings. The fourth-order valence-electron chi connectivity index (χ4n) is 2.11. The Kier molecular flexibility index (Phi) is 3.69. The third-order valence-corrected chi connectivity index (χ3v) is 2.97. The van der Waals surface area contributed by atoms with Crippen LogP contribution in [0.15, 0.2) is 12.4 Å². The van der Waals surface area contributed by atoms with Crippen molar-refractivity contribution in [1.29, 1.82) is 0 Å². The number of aromatic nitrogens is 6. The SMILES string of the molecule is CC(C)(C)Cc1c(C(C)(C)C)nnn1C(=O)n1ccnn1. The van der Waals surface area contributed by atoms with Crippen LogP contribution in [0, 0.1) is 5.41 Å². The van der Waals surface area contributed by atoms with Gasteiger partial charge in [-0.05, 0) is 11.8 Å². The predicted molar refractivity (Wildman–Crippen MR) is 78.1 cm³/mol. The minimum atomic E-state index is -0.366. The lowest BCUT2D eigenvalue weighted by atomic mass is 9.84. The first-order valence-corrected chi connectivity index (χ1v) is 6.96. The van der Waals surface area contributed by atoms with E-state index in [0.29, 0.717) is 6.42 Å². The second kappa shape index (κ2) is 5.05. The number of hydrogen-bond acceptors (Lipinski definition) is 5. The summed E-state index contributed by atoms with van der Waals surface area (Å²) in [6.45, 7) is 12.6. The van der Waals surface area contributed by atoms with Crippen LogP contribution < -0.4 is 0 Å². The van der Waals surface area contributed by atoms with Gasteiger partial charge in [0.25, 0.3) is 0 Å². The van der Waals surface area contributed by atoms with Crippen LogP contribution in [0.25, 0.3) is 0 Å². The van der Waals surface area contributed by atoms with Gasteiger partial charge in [-0.2, -0.15) is 9.36 Å². The Morgan fingerprint density at radius 1 is 1.14 bits per heavy atom. The molecule has 21 heavy (non-hydrogen) atoms. The molecule has 0 spiro atoms. The minimum absolute atomic E-state index is 0.0160. The fourth-order valence-corrected chi connectivity index (χ4v) is 2.11. The average Bonchev–Trinajstić information content (AvgIpc) is 2.92. The average molecular weight is 290 g/mol. The zero-order chi connectivity index (χ0) is 15.8.